The highest BCUT2D eigenvalue weighted by atomic mass is 35.5. The van der Waals surface area contributed by atoms with Gasteiger partial charge in [-0.05, 0) is 35.3 Å². The van der Waals surface area contributed by atoms with Gasteiger partial charge >= 0.3 is 0 Å². The molecule has 0 N–H and O–H groups in total. The maximum atomic E-state index is 6.29. The first kappa shape index (κ1) is 10.9. The molecule has 0 radical (unpaired) electrons. The van der Waals surface area contributed by atoms with Crippen LogP contribution in [0.25, 0.3) is 5.57 Å². The van der Waals surface area contributed by atoms with Crippen LogP contribution in [0.15, 0.2) is 48.5 Å². The van der Waals surface area contributed by atoms with Crippen molar-refractivity contribution in [2.24, 2.45) is 0 Å². The van der Waals surface area contributed by atoms with Gasteiger partial charge in [0.05, 0.1) is 5.02 Å². The van der Waals surface area contributed by atoms with Crippen LogP contribution in [0, 0.1) is 0 Å². The highest BCUT2D eigenvalue weighted by Gasteiger charge is 2.19. The molecule has 2 aromatic carbocycles. The Morgan fingerprint density at radius 3 is 2.47 bits per heavy atom. The second-order valence-electron chi connectivity index (χ2n) is 4.11. The van der Waals surface area contributed by atoms with Crippen LogP contribution >= 0.6 is 23.2 Å². The molecule has 2 heteroatoms. The lowest BCUT2D eigenvalue weighted by Crippen LogP contribution is -1.88. The summed E-state index contributed by atoms with van der Waals surface area (Å²) < 4.78 is 0. The predicted molar refractivity (Wildman–Crippen MR) is 73.7 cm³/mol. The Morgan fingerprint density at radius 1 is 0.941 bits per heavy atom. The topological polar surface area (TPSA) is 0 Å². The van der Waals surface area contributed by atoms with Gasteiger partial charge in [0.2, 0.25) is 0 Å². The number of allylic oxidation sites excluding steroid dienone is 1. The second-order valence-corrected chi connectivity index (χ2v) is 4.95. The number of hydrogen-bond acceptors (Lipinski definition) is 0. The van der Waals surface area contributed by atoms with Crippen molar-refractivity contribution in [1.82, 2.24) is 0 Å². The first-order valence-corrected chi connectivity index (χ1v) is 6.25. The fraction of sp³-hybridized carbons (Fsp3) is 0.0667. The lowest BCUT2D eigenvalue weighted by atomic mass is 9.99. The Kier molecular flexibility index (Phi) is 2.70. The molecule has 1 aliphatic carbocycles. The Labute approximate surface area is 110 Å². The Hall–Kier alpha value is -1.24. The lowest BCUT2D eigenvalue weighted by Gasteiger charge is -2.09. The van der Waals surface area contributed by atoms with Crippen LogP contribution in [0.2, 0.25) is 10.0 Å². The maximum absolute atomic E-state index is 6.29. The maximum Gasteiger partial charge on any atom is 0.0502 e. The van der Waals surface area contributed by atoms with Crippen LogP contribution < -0.4 is 0 Å². The summed E-state index contributed by atoms with van der Waals surface area (Å²) in [4.78, 5) is 0. The molecule has 2 aromatic rings. The zero-order valence-electron chi connectivity index (χ0n) is 9.08. The molecule has 0 bridgehead atoms. The number of fused-ring (bicyclic) bond motifs is 1. The second kappa shape index (κ2) is 4.21. The minimum absolute atomic E-state index is 0.705. The Bertz CT molecular complexity index is 598. The zero-order valence-corrected chi connectivity index (χ0v) is 10.6. The summed E-state index contributed by atoms with van der Waals surface area (Å²) in [6.07, 6.45) is 3.11. The van der Waals surface area contributed by atoms with Crippen molar-refractivity contribution in [2.75, 3.05) is 0 Å². The van der Waals surface area contributed by atoms with Crippen LogP contribution in [-0.4, -0.2) is 0 Å². The molecule has 0 heterocycles. The van der Waals surface area contributed by atoms with E-state index in [0.717, 1.165) is 17.0 Å². The van der Waals surface area contributed by atoms with Gasteiger partial charge in [0.25, 0.3) is 0 Å². The van der Waals surface area contributed by atoms with Gasteiger partial charge < -0.3 is 0 Å². The van der Waals surface area contributed by atoms with Crippen LogP contribution in [0.1, 0.15) is 16.7 Å². The predicted octanol–water partition coefficient (Wildman–Crippen LogP) is 4.98. The largest absolute Gasteiger partial charge is 0.0843 e. The van der Waals surface area contributed by atoms with Gasteiger partial charge in [0.15, 0.2) is 0 Å². The quantitative estimate of drug-likeness (QED) is 0.679. The van der Waals surface area contributed by atoms with E-state index < -0.39 is 0 Å². The van der Waals surface area contributed by atoms with Crippen LogP contribution in [-0.2, 0) is 6.42 Å². The van der Waals surface area contributed by atoms with E-state index in [2.05, 4.69) is 18.2 Å². The molecular weight excluding hydrogens is 251 g/mol. The van der Waals surface area contributed by atoms with E-state index in [1.165, 1.54) is 16.7 Å². The van der Waals surface area contributed by atoms with Crippen molar-refractivity contribution >= 4 is 28.8 Å². The number of rotatable bonds is 1. The molecule has 3 rings (SSSR count). The minimum Gasteiger partial charge on any atom is -0.0843 e. The summed E-state index contributed by atoms with van der Waals surface area (Å²) in [6.45, 7) is 0. The molecule has 0 fully saturated rings. The van der Waals surface area contributed by atoms with E-state index in [1.54, 1.807) is 0 Å². The normalized spacial score (nSPS) is 13.4. The van der Waals surface area contributed by atoms with E-state index in [1.807, 2.05) is 30.3 Å². The summed E-state index contributed by atoms with van der Waals surface area (Å²) in [6, 6.07) is 14.1. The van der Waals surface area contributed by atoms with E-state index in [4.69, 9.17) is 23.2 Å². The summed E-state index contributed by atoms with van der Waals surface area (Å²) in [5.41, 5.74) is 4.75. The van der Waals surface area contributed by atoms with Crippen molar-refractivity contribution < 1.29 is 0 Å². The SMILES string of the molecule is Clc1cc(Cl)c2c(c1)CC=C2c1ccccc1. The van der Waals surface area contributed by atoms with E-state index in [0.29, 0.717) is 5.02 Å². The van der Waals surface area contributed by atoms with E-state index >= 15 is 0 Å². The van der Waals surface area contributed by atoms with Crippen molar-refractivity contribution in [2.45, 2.75) is 6.42 Å². The highest BCUT2D eigenvalue weighted by molar-refractivity contribution is 6.36. The van der Waals surface area contributed by atoms with Crippen molar-refractivity contribution in [3.8, 4) is 0 Å². The Morgan fingerprint density at radius 2 is 1.71 bits per heavy atom. The van der Waals surface area contributed by atoms with Crippen molar-refractivity contribution in [1.29, 1.82) is 0 Å². The molecule has 0 saturated heterocycles. The molecule has 1 aliphatic rings. The Balaban J connectivity index is 2.16. The third-order valence-electron chi connectivity index (χ3n) is 3.02. The van der Waals surface area contributed by atoms with Crippen LogP contribution in [0.5, 0.6) is 0 Å². The van der Waals surface area contributed by atoms with E-state index in [9.17, 15) is 0 Å². The van der Waals surface area contributed by atoms with E-state index in [-0.39, 0.29) is 0 Å². The average molecular weight is 261 g/mol. The monoisotopic (exact) mass is 260 g/mol. The van der Waals surface area contributed by atoms with Gasteiger partial charge in [-0.2, -0.15) is 0 Å². The number of benzene rings is 2. The van der Waals surface area contributed by atoms with Gasteiger partial charge in [-0.25, -0.2) is 0 Å². The lowest BCUT2D eigenvalue weighted by molar-refractivity contribution is 1.31. The number of halogens is 2. The molecule has 0 aromatic heterocycles. The van der Waals surface area contributed by atoms with Crippen molar-refractivity contribution in [3.63, 3.8) is 0 Å². The molecule has 0 atom stereocenters. The van der Waals surface area contributed by atoms with Crippen molar-refractivity contribution in [3.05, 3.63) is 75.3 Å². The van der Waals surface area contributed by atoms with Gasteiger partial charge in [0, 0.05) is 10.6 Å². The molecule has 0 nitrogen and oxygen atoms in total. The molecule has 84 valence electrons. The fourth-order valence-electron chi connectivity index (χ4n) is 2.28. The van der Waals surface area contributed by atoms with Crippen LogP contribution in [0.4, 0.5) is 0 Å². The zero-order chi connectivity index (χ0) is 11.8. The third kappa shape index (κ3) is 1.88. The minimum atomic E-state index is 0.705. The van der Waals surface area contributed by atoms with Crippen LogP contribution in [0.3, 0.4) is 0 Å². The third-order valence-corrected chi connectivity index (χ3v) is 3.53. The first-order chi connectivity index (χ1) is 8.25. The van der Waals surface area contributed by atoms with Gasteiger partial charge in [-0.3, -0.25) is 0 Å². The van der Waals surface area contributed by atoms with Gasteiger partial charge in [-0.1, -0.05) is 59.6 Å². The summed E-state index contributed by atoms with van der Waals surface area (Å²) in [7, 11) is 0. The fourth-order valence-corrected chi connectivity index (χ4v) is 2.92. The summed E-state index contributed by atoms with van der Waals surface area (Å²) in [5, 5.41) is 1.44. The standard InChI is InChI=1S/C15H10Cl2/c16-12-8-11-6-7-13(15(11)14(17)9-12)10-4-2-1-3-5-10/h1-5,7-9H,6H2. The first-order valence-electron chi connectivity index (χ1n) is 5.49. The highest BCUT2D eigenvalue weighted by Crippen LogP contribution is 2.39. The molecule has 0 spiro atoms. The summed E-state index contributed by atoms with van der Waals surface area (Å²) in [5.74, 6) is 0. The molecular formula is C15H10Cl2. The molecule has 0 amide bonds. The molecule has 0 saturated carbocycles. The molecule has 0 aliphatic heterocycles. The molecule has 0 unspecified atom stereocenters. The average Bonchev–Trinajstić information content (AvgIpc) is 2.74. The summed E-state index contributed by atoms with van der Waals surface area (Å²) >= 11 is 12.3. The number of hydrogen-bond donors (Lipinski definition) is 0. The smallest absolute Gasteiger partial charge is 0.0502 e. The molecule has 17 heavy (non-hydrogen) atoms. The van der Waals surface area contributed by atoms with Gasteiger partial charge in [0.1, 0.15) is 0 Å². The van der Waals surface area contributed by atoms with Gasteiger partial charge in [-0.15, -0.1) is 0 Å².